The molecule has 2 rings (SSSR count). The zero-order valence-corrected chi connectivity index (χ0v) is 20.6. The predicted octanol–water partition coefficient (Wildman–Crippen LogP) is 3.21. The summed E-state index contributed by atoms with van der Waals surface area (Å²) in [6.07, 6.45) is 0.891. The average molecular weight is 540 g/mol. The van der Waals surface area contributed by atoms with E-state index in [1.165, 1.54) is 0 Å². The molecule has 0 unspecified atom stereocenters. The summed E-state index contributed by atoms with van der Waals surface area (Å²) in [6, 6.07) is 17.0. The van der Waals surface area contributed by atoms with E-state index in [2.05, 4.69) is 20.9 Å². The number of aliphatic imine (C=N–C) groups is 1. The van der Waals surface area contributed by atoms with E-state index in [9.17, 15) is 4.79 Å². The van der Waals surface area contributed by atoms with Crippen molar-refractivity contribution < 1.29 is 14.3 Å². The highest BCUT2D eigenvalue weighted by Gasteiger charge is 2.04. The fourth-order valence-electron chi connectivity index (χ4n) is 2.65. The molecule has 0 aliphatic rings. The third kappa shape index (κ3) is 11.0. The molecule has 0 fully saturated rings. The summed E-state index contributed by atoms with van der Waals surface area (Å²) < 4.78 is 10.6. The second kappa shape index (κ2) is 16.4. The van der Waals surface area contributed by atoms with Gasteiger partial charge in [0.2, 0.25) is 0 Å². The summed E-state index contributed by atoms with van der Waals surface area (Å²) in [5, 5.41) is 9.49. The lowest BCUT2D eigenvalue weighted by molar-refractivity contribution is 0.0954. The van der Waals surface area contributed by atoms with Crippen LogP contribution in [0.2, 0.25) is 0 Å². The number of amides is 1. The molecule has 0 aromatic heterocycles. The largest absolute Gasteiger partial charge is 0.497 e. The fourth-order valence-corrected chi connectivity index (χ4v) is 2.65. The molecule has 0 saturated heterocycles. The van der Waals surface area contributed by atoms with Crippen LogP contribution in [0.3, 0.4) is 0 Å². The van der Waals surface area contributed by atoms with Crippen LogP contribution in [0.5, 0.6) is 5.75 Å². The van der Waals surface area contributed by atoms with E-state index in [1.807, 2.05) is 49.4 Å². The molecule has 2 aromatic rings. The standard InChI is InChI=1S/C23H32N4O3.HI/c1-3-30-17-7-14-25-23(27-18-19-10-12-21(29-2)13-11-19)26-16-15-24-22(28)20-8-5-4-6-9-20;/h4-6,8-13H,3,7,14-18H2,1-2H3,(H,24,28)(H2,25,26,27);1H. The third-order valence-corrected chi connectivity index (χ3v) is 4.28. The molecule has 1 amide bonds. The van der Waals surface area contributed by atoms with Gasteiger partial charge in [-0.3, -0.25) is 4.79 Å². The van der Waals surface area contributed by atoms with Crippen LogP contribution < -0.4 is 20.7 Å². The average Bonchev–Trinajstić information content (AvgIpc) is 2.80. The lowest BCUT2D eigenvalue weighted by Gasteiger charge is -2.13. The van der Waals surface area contributed by atoms with Crippen molar-refractivity contribution in [3.63, 3.8) is 0 Å². The summed E-state index contributed by atoms with van der Waals surface area (Å²) in [5.41, 5.74) is 1.74. The monoisotopic (exact) mass is 540 g/mol. The molecule has 0 atom stereocenters. The Morgan fingerprint density at radius 3 is 2.29 bits per heavy atom. The van der Waals surface area contributed by atoms with Gasteiger partial charge in [0, 0.05) is 38.4 Å². The highest BCUT2D eigenvalue weighted by Crippen LogP contribution is 2.11. The molecule has 0 radical (unpaired) electrons. The number of hydrogen-bond acceptors (Lipinski definition) is 4. The number of carbonyl (C=O) groups is 1. The molecule has 0 aliphatic carbocycles. The van der Waals surface area contributed by atoms with Crippen molar-refractivity contribution in [2.75, 3.05) is 40.0 Å². The number of guanidine groups is 1. The molecule has 7 nitrogen and oxygen atoms in total. The quantitative estimate of drug-likeness (QED) is 0.167. The van der Waals surface area contributed by atoms with Crippen molar-refractivity contribution in [1.82, 2.24) is 16.0 Å². The van der Waals surface area contributed by atoms with Crippen LogP contribution in [0.25, 0.3) is 0 Å². The fraction of sp³-hybridized carbons (Fsp3) is 0.391. The SMILES string of the molecule is CCOCCCNC(=NCc1ccc(OC)cc1)NCCNC(=O)c1ccccc1.I. The van der Waals surface area contributed by atoms with Crippen molar-refractivity contribution in [2.24, 2.45) is 4.99 Å². The second-order valence-corrected chi connectivity index (χ2v) is 6.54. The second-order valence-electron chi connectivity index (χ2n) is 6.54. The van der Waals surface area contributed by atoms with Crippen molar-refractivity contribution in [2.45, 2.75) is 19.9 Å². The molecule has 3 N–H and O–H groups in total. The molecule has 0 bridgehead atoms. The van der Waals surface area contributed by atoms with Crippen LogP contribution in [-0.2, 0) is 11.3 Å². The number of nitrogens with zero attached hydrogens (tertiary/aromatic N) is 1. The van der Waals surface area contributed by atoms with Crippen LogP contribution in [0.4, 0.5) is 0 Å². The van der Waals surface area contributed by atoms with Gasteiger partial charge in [0.15, 0.2) is 5.96 Å². The summed E-state index contributed by atoms with van der Waals surface area (Å²) in [6.45, 7) is 5.78. The van der Waals surface area contributed by atoms with Gasteiger partial charge in [0.1, 0.15) is 5.75 Å². The number of hydrogen-bond donors (Lipinski definition) is 3. The van der Waals surface area contributed by atoms with Gasteiger partial charge in [-0.1, -0.05) is 30.3 Å². The lowest BCUT2D eigenvalue weighted by atomic mass is 10.2. The molecule has 0 spiro atoms. The molecule has 0 saturated carbocycles. The Bertz CT molecular complexity index is 770. The molecular formula is C23H33IN4O3. The van der Waals surface area contributed by atoms with Crippen molar-refractivity contribution >= 4 is 35.8 Å². The first-order valence-corrected chi connectivity index (χ1v) is 10.3. The Morgan fingerprint density at radius 2 is 1.61 bits per heavy atom. The molecule has 31 heavy (non-hydrogen) atoms. The first-order valence-electron chi connectivity index (χ1n) is 10.3. The van der Waals surface area contributed by atoms with E-state index in [4.69, 9.17) is 9.47 Å². The molecule has 0 heterocycles. The number of ether oxygens (including phenoxy) is 2. The van der Waals surface area contributed by atoms with Gasteiger partial charge in [0.25, 0.3) is 5.91 Å². The zero-order chi connectivity index (χ0) is 21.4. The number of methoxy groups -OCH3 is 1. The Balaban J connectivity index is 0.00000480. The number of halogens is 1. The van der Waals surface area contributed by atoms with Gasteiger partial charge < -0.3 is 25.4 Å². The minimum atomic E-state index is -0.0844. The predicted molar refractivity (Wildman–Crippen MR) is 135 cm³/mol. The molecule has 8 heteroatoms. The summed E-state index contributed by atoms with van der Waals surface area (Å²) in [4.78, 5) is 16.8. The van der Waals surface area contributed by atoms with Crippen LogP contribution >= 0.6 is 24.0 Å². The van der Waals surface area contributed by atoms with E-state index in [0.29, 0.717) is 37.8 Å². The van der Waals surface area contributed by atoms with E-state index in [1.54, 1.807) is 19.2 Å². The van der Waals surface area contributed by atoms with Gasteiger partial charge in [0.05, 0.1) is 13.7 Å². The van der Waals surface area contributed by atoms with Crippen LogP contribution in [-0.4, -0.2) is 51.8 Å². The normalized spacial score (nSPS) is 10.7. The minimum Gasteiger partial charge on any atom is -0.497 e. The topological polar surface area (TPSA) is 84.0 Å². The number of rotatable bonds is 12. The first kappa shape index (κ1) is 26.7. The van der Waals surface area contributed by atoms with Gasteiger partial charge in [-0.2, -0.15) is 0 Å². The molecule has 0 aliphatic heterocycles. The van der Waals surface area contributed by atoms with Crippen molar-refractivity contribution in [3.05, 3.63) is 65.7 Å². The van der Waals surface area contributed by atoms with E-state index in [-0.39, 0.29) is 29.9 Å². The molecule has 170 valence electrons. The van der Waals surface area contributed by atoms with E-state index < -0.39 is 0 Å². The maximum atomic E-state index is 12.1. The maximum absolute atomic E-state index is 12.1. The van der Waals surface area contributed by atoms with E-state index in [0.717, 1.165) is 30.9 Å². The highest BCUT2D eigenvalue weighted by atomic mass is 127. The minimum absolute atomic E-state index is 0. The summed E-state index contributed by atoms with van der Waals surface area (Å²) in [7, 11) is 1.65. The Labute approximate surface area is 202 Å². The molecule has 2 aromatic carbocycles. The Kier molecular flexibility index (Phi) is 14.1. The summed E-state index contributed by atoms with van der Waals surface area (Å²) >= 11 is 0. The number of carbonyl (C=O) groups excluding carboxylic acids is 1. The smallest absolute Gasteiger partial charge is 0.251 e. The zero-order valence-electron chi connectivity index (χ0n) is 18.2. The highest BCUT2D eigenvalue weighted by molar-refractivity contribution is 14.0. The number of nitrogens with one attached hydrogen (secondary N) is 3. The summed E-state index contributed by atoms with van der Waals surface area (Å²) in [5.74, 6) is 1.44. The van der Waals surface area contributed by atoms with Crippen LogP contribution in [0.1, 0.15) is 29.3 Å². The van der Waals surface area contributed by atoms with Crippen LogP contribution in [0, 0.1) is 0 Å². The van der Waals surface area contributed by atoms with Gasteiger partial charge in [-0.15, -0.1) is 24.0 Å². The van der Waals surface area contributed by atoms with Gasteiger partial charge in [-0.25, -0.2) is 4.99 Å². The van der Waals surface area contributed by atoms with Gasteiger partial charge in [-0.05, 0) is 43.2 Å². The first-order chi connectivity index (χ1) is 14.7. The maximum Gasteiger partial charge on any atom is 0.251 e. The number of benzene rings is 2. The van der Waals surface area contributed by atoms with Crippen molar-refractivity contribution in [1.29, 1.82) is 0 Å². The van der Waals surface area contributed by atoms with Crippen molar-refractivity contribution in [3.8, 4) is 5.75 Å². The molecular weight excluding hydrogens is 507 g/mol. The lowest BCUT2D eigenvalue weighted by Crippen LogP contribution is -2.42. The Morgan fingerprint density at radius 1 is 0.935 bits per heavy atom. The van der Waals surface area contributed by atoms with E-state index >= 15 is 0 Å². The Hall–Kier alpha value is -2.33. The van der Waals surface area contributed by atoms with Crippen LogP contribution in [0.15, 0.2) is 59.6 Å². The third-order valence-electron chi connectivity index (χ3n) is 4.28. The van der Waals surface area contributed by atoms with Gasteiger partial charge >= 0.3 is 0 Å².